The lowest BCUT2D eigenvalue weighted by atomic mass is 9.88. The van der Waals surface area contributed by atoms with Gasteiger partial charge in [0.2, 0.25) is 0 Å². The summed E-state index contributed by atoms with van der Waals surface area (Å²) < 4.78 is 11.6. The Labute approximate surface area is 306 Å². The van der Waals surface area contributed by atoms with E-state index < -0.39 is 0 Å². The number of hydrogen-bond donors (Lipinski definition) is 0. The molecule has 0 spiro atoms. The minimum absolute atomic E-state index is 0.00905. The van der Waals surface area contributed by atoms with E-state index in [1.54, 1.807) is 0 Å². The van der Waals surface area contributed by atoms with Crippen LogP contribution in [0.5, 0.6) is 11.5 Å². The SMILES string of the molecule is CC(C)(C)c1ccnc(-n2c3ccccc3c3ccc(Oc4cccc(N5CN(c6ccc7sc8ccccc8c7c6)c6ccccc65)c4)cc32)c1. The molecule has 0 saturated carbocycles. The van der Waals surface area contributed by atoms with Gasteiger partial charge in [-0.2, -0.15) is 0 Å². The molecule has 9 aromatic rings. The lowest BCUT2D eigenvalue weighted by Gasteiger charge is -2.22. The summed E-state index contributed by atoms with van der Waals surface area (Å²) in [6, 6.07) is 51.9. The van der Waals surface area contributed by atoms with E-state index in [2.05, 4.69) is 175 Å². The first-order chi connectivity index (χ1) is 25.4. The quantitative estimate of drug-likeness (QED) is 0.180. The van der Waals surface area contributed by atoms with Gasteiger partial charge in [-0.25, -0.2) is 4.98 Å². The molecule has 0 unspecified atom stereocenters. The Kier molecular flexibility index (Phi) is 6.92. The van der Waals surface area contributed by atoms with Crippen LogP contribution in [0, 0.1) is 0 Å². The van der Waals surface area contributed by atoms with E-state index in [9.17, 15) is 0 Å². The maximum atomic E-state index is 6.66. The van der Waals surface area contributed by atoms with Crippen molar-refractivity contribution < 1.29 is 4.74 Å². The molecule has 0 amide bonds. The first kappa shape index (κ1) is 30.7. The summed E-state index contributed by atoms with van der Waals surface area (Å²) in [7, 11) is 0. The molecule has 0 atom stereocenters. The Bertz CT molecular complexity index is 2830. The number of anilines is 4. The van der Waals surface area contributed by atoms with E-state index in [0.717, 1.165) is 34.0 Å². The fraction of sp³-hybridized carbons (Fsp3) is 0.109. The zero-order valence-corrected chi connectivity index (χ0v) is 30.1. The molecule has 10 rings (SSSR count). The van der Waals surface area contributed by atoms with E-state index in [1.807, 2.05) is 23.6 Å². The Hall–Kier alpha value is -6.11. The second-order valence-electron chi connectivity index (χ2n) is 14.5. The molecule has 0 aliphatic carbocycles. The molecule has 5 nitrogen and oxygen atoms in total. The molecule has 0 fully saturated rings. The van der Waals surface area contributed by atoms with Crippen molar-refractivity contribution in [3.05, 3.63) is 157 Å². The predicted molar refractivity (Wildman–Crippen MR) is 219 cm³/mol. The molecule has 0 radical (unpaired) electrons. The molecule has 1 aliphatic rings. The number of nitrogens with zero attached hydrogens (tertiary/aromatic N) is 4. The van der Waals surface area contributed by atoms with Crippen molar-refractivity contribution in [3.63, 3.8) is 0 Å². The zero-order chi connectivity index (χ0) is 35.0. The predicted octanol–water partition coefficient (Wildman–Crippen LogP) is 12.9. The molecule has 252 valence electrons. The number of hydrogen-bond acceptors (Lipinski definition) is 5. The van der Waals surface area contributed by atoms with E-state index in [4.69, 9.17) is 9.72 Å². The summed E-state index contributed by atoms with van der Waals surface area (Å²) in [5.74, 6) is 2.47. The fourth-order valence-corrected chi connectivity index (χ4v) is 8.74. The molecule has 6 aromatic carbocycles. The second-order valence-corrected chi connectivity index (χ2v) is 15.6. The number of pyridine rings is 1. The van der Waals surface area contributed by atoms with Crippen molar-refractivity contribution in [3.8, 4) is 17.3 Å². The van der Waals surface area contributed by atoms with Crippen LogP contribution >= 0.6 is 11.3 Å². The highest BCUT2D eigenvalue weighted by Gasteiger charge is 2.28. The molecule has 0 bridgehead atoms. The Morgan fingerprint density at radius 2 is 1.25 bits per heavy atom. The fourth-order valence-electron chi connectivity index (χ4n) is 7.66. The van der Waals surface area contributed by atoms with Crippen LogP contribution < -0.4 is 14.5 Å². The number of ether oxygens (including phenoxy) is 1. The average molecular weight is 693 g/mol. The number of aromatic nitrogens is 2. The number of fused-ring (bicyclic) bond motifs is 7. The Balaban J connectivity index is 1.00. The number of benzene rings is 6. The van der Waals surface area contributed by atoms with Crippen molar-refractivity contribution in [2.24, 2.45) is 0 Å². The zero-order valence-electron chi connectivity index (χ0n) is 29.2. The van der Waals surface area contributed by atoms with Gasteiger partial charge in [0.1, 0.15) is 24.0 Å². The third-order valence-corrected chi connectivity index (χ3v) is 11.4. The van der Waals surface area contributed by atoms with Gasteiger partial charge in [-0.3, -0.25) is 4.57 Å². The second kappa shape index (κ2) is 11.7. The minimum Gasteiger partial charge on any atom is -0.457 e. The molecule has 52 heavy (non-hydrogen) atoms. The molecular weight excluding hydrogens is 657 g/mol. The van der Waals surface area contributed by atoms with Crippen molar-refractivity contribution in [2.75, 3.05) is 16.5 Å². The maximum absolute atomic E-state index is 6.66. The van der Waals surface area contributed by atoms with Crippen molar-refractivity contribution in [1.29, 1.82) is 0 Å². The van der Waals surface area contributed by atoms with E-state index in [-0.39, 0.29) is 5.41 Å². The largest absolute Gasteiger partial charge is 0.457 e. The topological polar surface area (TPSA) is 33.5 Å². The standard InChI is InChI=1S/C46H36N4OS/c1-46(2,3)30-23-24-47-45(25-30)50-39-15-6-4-13-35(39)36-21-20-34(28-42(36)50)51-33-12-10-11-31(26-33)48-29-49(41-17-8-7-16-40(41)48)32-19-22-44-38(27-32)37-14-5-9-18-43(37)52-44/h4-28H,29H2,1-3H3. The average Bonchev–Trinajstić information content (AvgIpc) is 3.84. The van der Waals surface area contributed by atoms with Crippen LogP contribution in [0.2, 0.25) is 0 Å². The van der Waals surface area contributed by atoms with Gasteiger partial charge in [0.25, 0.3) is 0 Å². The van der Waals surface area contributed by atoms with Crippen LogP contribution in [0.3, 0.4) is 0 Å². The molecule has 6 heteroatoms. The first-order valence-corrected chi connectivity index (χ1v) is 18.5. The monoisotopic (exact) mass is 692 g/mol. The van der Waals surface area contributed by atoms with Gasteiger partial charge in [-0.05, 0) is 89.8 Å². The van der Waals surface area contributed by atoms with Gasteiger partial charge in [0, 0.05) is 60.6 Å². The molecule has 3 aromatic heterocycles. The van der Waals surface area contributed by atoms with Gasteiger partial charge in [0.05, 0.1) is 22.4 Å². The summed E-state index contributed by atoms with van der Waals surface area (Å²) in [5.41, 5.74) is 8.06. The minimum atomic E-state index is 0.00905. The van der Waals surface area contributed by atoms with E-state index in [0.29, 0.717) is 6.67 Å². The molecule has 0 saturated heterocycles. The van der Waals surface area contributed by atoms with Crippen LogP contribution in [0.4, 0.5) is 22.7 Å². The molecule has 4 heterocycles. The van der Waals surface area contributed by atoms with Crippen molar-refractivity contribution in [2.45, 2.75) is 26.2 Å². The van der Waals surface area contributed by atoms with Gasteiger partial charge in [0.15, 0.2) is 0 Å². The van der Waals surface area contributed by atoms with Crippen LogP contribution in [0.25, 0.3) is 47.8 Å². The molecule has 0 N–H and O–H groups in total. The first-order valence-electron chi connectivity index (χ1n) is 17.7. The van der Waals surface area contributed by atoms with Crippen LogP contribution in [0.15, 0.2) is 152 Å². The van der Waals surface area contributed by atoms with Crippen LogP contribution in [-0.2, 0) is 5.41 Å². The number of rotatable bonds is 5. The van der Waals surface area contributed by atoms with E-state index >= 15 is 0 Å². The lowest BCUT2D eigenvalue weighted by molar-refractivity contribution is 0.483. The molecule has 1 aliphatic heterocycles. The highest BCUT2D eigenvalue weighted by molar-refractivity contribution is 7.25. The number of para-hydroxylation sites is 3. The van der Waals surface area contributed by atoms with Crippen molar-refractivity contribution in [1.82, 2.24) is 9.55 Å². The molecular formula is C46H36N4OS. The summed E-state index contributed by atoms with van der Waals surface area (Å²) in [6.07, 6.45) is 1.92. The summed E-state index contributed by atoms with van der Waals surface area (Å²) in [6.45, 7) is 7.41. The van der Waals surface area contributed by atoms with Crippen LogP contribution in [-0.4, -0.2) is 16.2 Å². The van der Waals surface area contributed by atoms with Gasteiger partial charge in [-0.15, -0.1) is 11.3 Å². The Morgan fingerprint density at radius 3 is 2.08 bits per heavy atom. The Morgan fingerprint density at radius 1 is 0.558 bits per heavy atom. The highest BCUT2D eigenvalue weighted by Crippen LogP contribution is 2.46. The summed E-state index contributed by atoms with van der Waals surface area (Å²) in [5, 5.41) is 4.98. The van der Waals surface area contributed by atoms with Gasteiger partial charge < -0.3 is 14.5 Å². The highest BCUT2D eigenvalue weighted by atomic mass is 32.1. The summed E-state index contributed by atoms with van der Waals surface area (Å²) >= 11 is 1.85. The van der Waals surface area contributed by atoms with Crippen LogP contribution in [0.1, 0.15) is 26.3 Å². The van der Waals surface area contributed by atoms with E-state index in [1.165, 1.54) is 53.6 Å². The number of thiophene rings is 1. The van der Waals surface area contributed by atoms with Crippen molar-refractivity contribution >= 4 is 76.1 Å². The van der Waals surface area contributed by atoms with Gasteiger partial charge >= 0.3 is 0 Å². The lowest BCUT2D eigenvalue weighted by Crippen LogP contribution is -2.23. The smallest absolute Gasteiger partial charge is 0.137 e. The maximum Gasteiger partial charge on any atom is 0.137 e. The summed E-state index contributed by atoms with van der Waals surface area (Å²) in [4.78, 5) is 9.63. The third kappa shape index (κ3) is 5.01. The third-order valence-electron chi connectivity index (χ3n) is 10.3. The normalized spacial score (nSPS) is 13.1. The van der Waals surface area contributed by atoms with Gasteiger partial charge in [-0.1, -0.05) is 75.4 Å².